The highest BCUT2D eigenvalue weighted by atomic mass is 16.6. The monoisotopic (exact) mass is 347 g/mol. The van der Waals surface area contributed by atoms with Crippen LogP contribution in [-0.4, -0.2) is 33.9 Å². The Hall–Kier alpha value is -2.57. The molecule has 1 amide bonds. The Balaban J connectivity index is 2.42. The predicted molar refractivity (Wildman–Crippen MR) is 95.1 cm³/mol. The zero-order chi connectivity index (χ0) is 18.8. The molecule has 25 heavy (non-hydrogen) atoms. The number of amides is 1. The summed E-state index contributed by atoms with van der Waals surface area (Å²) in [5.74, 6) is -0.364. The molecule has 0 saturated heterocycles. The molecular formula is C18H25N3O4. The first-order valence-corrected chi connectivity index (χ1v) is 8.31. The van der Waals surface area contributed by atoms with Gasteiger partial charge in [-0.3, -0.25) is 5.32 Å². The average Bonchev–Trinajstić information content (AvgIpc) is 2.84. The van der Waals surface area contributed by atoms with Crippen LogP contribution in [0.1, 0.15) is 63.5 Å². The van der Waals surface area contributed by atoms with Crippen molar-refractivity contribution in [3.8, 4) is 0 Å². The second kappa shape index (κ2) is 7.13. The lowest BCUT2D eigenvalue weighted by Crippen LogP contribution is -2.27. The van der Waals surface area contributed by atoms with Crippen molar-refractivity contribution < 1.29 is 19.1 Å². The number of fused-ring (bicyclic) bond motifs is 1. The van der Waals surface area contributed by atoms with E-state index < -0.39 is 17.7 Å². The lowest BCUT2D eigenvalue weighted by Gasteiger charge is -2.19. The molecule has 0 aliphatic rings. The smallest absolute Gasteiger partial charge is 0.412 e. The van der Waals surface area contributed by atoms with E-state index in [-0.39, 0.29) is 12.5 Å². The number of carbonyl (C=O) groups excluding carboxylic acids is 2. The summed E-state index contributed by atoms with van der Waals surface area (Å²) in [5.41, 5.74) is 1.59. The third-order valence-corrected chi connectivity index (χ3v) is 3.33. The number of nitrogens with one attached hydrogen (secondary N) is 1. The van der Waals surface area contributed by atoms with Crippen LogP contribution in [0.15, 0.2) is 18.3 Å². The number of carbonyl (C=O) groups is 2. The van der Waals surface area contributed by atoms with E-state index >= 15 is 0 Å². The minimum Gasteiger partial charge on any atom is -0.462 e. The SMILES string of the molecule is CCOC(=O)c1c(C(C)C)nn2ccc(NC(=O)OC(C)(C)C)cc12. The van der Waals surface area contributed by atoms with Crippen LogP contribution >= 0.6 is 0 Å². The highest BCUT2D eigenvalue weighted by Gasteiger charge is 2.23. The molecule has 2 heterocycles. The fraction of sp³-hybridized carbons (Fsp3) is 0.500. The first-order valence-electron chi connectivity index (χ1n) is 8.31. The van der Waals surface area contributed by atoms with Crippen molar-refractivity contribution in [3.05, 3.63) is 29.6 Å². The maximum atomic E-state index is 12.4. The summed E-state index contributed by atoms with van der Waals surface area (Å²) in [7, 11) is 0. The number of aromatic nitrogens is 2. The van der Waals surface area contributed by atoms with E-state index in [2.05, 4.69) is 10.4 Å². The Kier molecular flexibility index (Phi) is 5.35. The van der Waals surface area contributed by atoms with Gasteiger partial charge in [0.2, 0.25) is 0 Å². The molecule has 0 radical (unpaired) electrons. The van der Waals surface area contributed by atoms with Gasteiger partial charge in [0.25, 0.3) is 0 Å². The standard InChI is InChI=1S/C18H25N3O4/c1-7-24-16(22)14-13-10-12(19-17(23)25-18(4,5)6)8-9-21(13)20-15(14)11(2)3/h8-11H,7H2,1-6H3,(H,19,23). The topological polar surface area (TPSA) is 81.9 Å². The molecular weight excluding hydrogens is 322 g/mol. The van der Waals surface area contributed by atoms with Crippen molar-refractivity contribution in [1.82, 2.24) is 9.61 Å². The van der Waals surface area contributed by atoms with Crippen LogP contribution in [0.5, 0.6) is 0 Å². The van der Waals surface area contributed by atoms with Crippen molar-refractivity contribution in [2.24, 2.45) is 0 Å². The summed E-state index contributed by atoms with van der Waals surface area (Å²) in [5, 5.41) is 7.14. The van der Waals surface area contributed by atoms with Crippen molar-refractivity contribution in [2.45, 2.75) is 53.1 Å². The summed E-state index contributed by atoms with van der Waals surface area (Å²) in [6.07, 6.45) is 1.13. The normalized spacial score (nSPS) is 11.6. The van der Waals surface area contributed by atoms with Crippen molar-refractivity contribution in [3.63, 3.8) is 0 Å². The van der Waals surface area contributed by atoms with Crippen LogP contribution in [0.4, 0.5) is 10.5 Å². The van der Waals surface area contributed by atoms with Crippen LogP contribution in [-0.2, 0) is 9.47 Å². The second-order valence-electron chi connectivity index (χ2n) is 7.01. The lowest BCUT2D eigenvalue weighted by atomic mass is 10.0. The minimum absolute atomic E-state index is 0.0570. The maximum absolute atomic E-state index is 12.4. The number of esters is 1. The van der Waals surface area contributed by atoms with Crippen LogP contribution in [0, 0.1) is 0 Å². The highest BCUT2D eigenvalue weighted by Crippen LogP contribution is 2.26. The van der Waals surface area contributed by atoms with Crippen molar-refractivity contribution >= 4 is 23.3 Å². The van der Waals surface area contributed by atoms with Crippen LogP contribution in [0.3, 0.4) is 0 Å². The van der Waals surface area contributed by atoms with Gasteiger partial charge in [0.15, 0.2) is 0 Å². The Labute approximate surface area is 147 Å². The van der Waals surface area contributed by atoms with E-state index in [1.54, 1.807) is 50.5 Å². The molecule has 2 aromatic rings. The number of hydrogen-bond donors (Lipinski definition) is 1. The molecule has 2 rings (SSSR count). The molecule has 0 bridgehead atoms. The first kappa shape index (κ1) is 18.8. The predicted octanol–water partition coefficient (Wildman–Crippen LogP) is 3.98. The molecule has 1 N–H and O–H groups in total. The summed E-state index contributed by atoms with van der Waals surface area (Å²) >= 11 is 0. The van der Waals surface area contributed by atoms with Gasteiger partial charge in [-0.15, -0.1) is 0 Å². The average molecular weight is 347 g/mol. The molecule has 0 aromatic carbocycles. The summed E-state index contributed by atoms with van der Waals surface area (Å²) in [6, 6.07) is 3.39. The van der Waals surface area contributed by atoms with Crippen molar-refractivity contribution in [2.75, 3.05) is 11.9 Å². The fourth-order valence-electron chi connectivity index (χ4n) is 2.38. The fourth-order valence-corrected chi connectivity index (χ4v) is 2.38. The van der Waals surface area contributed by atoms with E-state index in [0.717, 1.165) is 0 Å². The highest BCUT2D eigenvalue weighted by molar-refractivity contribution is 5.99. The number of hydrogen-bond acceptors (Lipinski definition) is 5. The van der Waals surface area contributed by atoms with Gasteiger partial charge < -0.3 is 9.47 Å². The van der Waals surface area contributed by atoms with Gasteiger partial charge in [0.05, 0.1) is 17.8 Å². The summed E-state index contributed by atoms with van der Waals surface area (Å²) in [6.45, 7) is 11.3. The molecule has 0 aliphatic heterocycles. The number of anilines is 1. The first-order chi connectivity index (χ1) is 11.6. The van der Waals surface area contributed by atoms with Crippen LogP contribution < -0.4 is 5.32 Å². The number of ether oxygens (including phenoxy) is 2. The van der Waals surface area contributed by atoms with Gasteiger partial charge in [0, 0.05) is 11.9 Å². The van der Waals surface area contributed by atoms with E-state index in [1.807, 2.05) is 13.8 Å². The molecule has 7 nitrogen and oxygen atoms in total. The summed E-state index contributed by atoms with van der Waals surface area (Å²) in [4.78, 5) is 24.3. The molecule has 7 heteroatoms. The van der Waals surface area contributed by atoms with Gasteiger partial charge in [-0.1, -0.05) is 13.8 Å². The molecule has 0 saturated carbocycles. The molecule has 0 unspecified atom stereocenters. The third-order valence-electron chi connectivity index (χ3n) is 3.33. The van der Waals surface area contributed by atoms with Gasteiger partial charge >= 0.3 is 12.1 Å². The third kappa shape index (κ3) is 4.49. The molecule has 0 fully saturated rings. The maximum Gasteiger partial charge on any atom is 0.412 e. The van der Waals surface area contributed by atoms with E-state index in [1.165, 1.54) is 0 Å². The Morgan fingerprint density at radius 3 is 2.56 bits per heavy atom. The Morgan fingerprint density at radius 1 is 1.32 bits per heavy atom. The second-order valence-corrected chi connectivity index (χ2v) is 7.01. The summed E-state index contributed by atoms with van der Waals surface area (Å²) < 4.78 is 12.0. The van der Waals surface area contributed by atoms with Gasteiger partial charge in [-0.2, -0.15) is 5.10 Å². The van der Waals surface area contributed by atoms with E-state index in [9.17, 15) is 9.59 Å². The van der Waals surface area contributed by atoms with Gasteiger partial charge in [-0.05, 0) is 45.7 Å². The quantitative estimate of drug-likeness (QED) is 0.846. The minimum atomic E-state index is -0.592. The Morgan fingerprint density at radius 2 is 2.00 bits per heavy atom. The zero-order valence-electron chi connectivity index (χ0n) is 15.5. The molecule has 0 atom stereocenters. The van der Waals surface area contributed by atoms with Gasteiger partial charge in [0.1, 0.15) is 11.2 Å². The van der Waals surface area contributed by atoms with E-state index in [4.69, 9.17) is 9.47 Å². The van der Waals surface area contributed by atoms with Gasteiger partial charge in [-0.25, -0.2) is 14.1 Å². The molecule has 0 spiro atoms. The van der Waals surface area contributed by atoms with Crippen molar-refractivity contribution in [1.29, 1.82) is 0 Å². The van der Waals surface area contributed by atoms with Crippen LogP contribution in [0.25, 0.3) is 5.52 Å². The molecule has 2 aromatic heterocycles. The van der Waals surface area contributed by atoms with Crippen LogP contribution in [0.2, 0.25) is 0 Å². The molecule has 136 valence electrons. The van der Waals surface area contributed by atoms with E-state index in [0.29, 0.717) is 22.5 Å². The molecule has 0 aliphatic carbocycles. The number of rotatable bonds is 4. The lowest BCUT2D eigenvalue weighted by molar-refractivity contribution is 0.0526. The Bertz CT molecular complexity index is 787. The largest absolute Gasteiger partial charge is 0.462 e. The zero-order valence-corrected chi connectivity index (χ0v) is 15.5. The number of pyridine rings is 1. The number of nitrogens with zero attached hydrogens (tertiary/aromatic N) is 2.